The molecule has 0 fully saturated rings. The highest BCUT2D eigenvalue weighted by Gasteiger charge is 2.17. The van der Waals surface area contributed by atoms with Gasteiger partial charge in [-0.2, -0.15) is 9.36 Å². The molecule has 2 heterocycles. The molecule has 25 heavy (non-hydrogen) atoms. The fourth-order valence-electron chi connectivity index (χ4n) is 2.18. The number of hydrogen-bond acceptors (Lipinski definition) is 7. The molecular weight excluding hydrogens is 348 g/mol. The van der Waals surface area contributed by atoms with Crippen LogP contribution in [0.5, 0.6) is 0 Å². The van der Waals surface area contributed by atoms with E-state index in [1.54, 1.807) is 23.6 Å². The topological polar surface area (TPSA) is 125 Å². The Morgan fingerprint density at radius 3 is 2.80 bits per heavy atom. The van der Waals surface area contributed by atoms with Crippen molar-refractivity contribution < 1.29 is 9.72 Å². The number of hydrogen-bond donors (Lipinski definition) is 1. The third-order valence-corrected chi connectivity index (χ3v) is 4.27. The van der Waals surface area contributed by atoms with Crippen LogP contribution in [-0.2, 0) is 11.3 Å². The van der Waals surface area contributed by atoms with Gasteiger partial charge in [0.1, 0.15) is 11.5 Å². The van der Waals surface area contributed by atoms with E-state index in [1.165, 1.54) is 30.4 Å². The third kappa shape index (κ3) is 3.30. The molecule has 1 aromatic carbocycles. The van der Waals surface area contributed by atoms with Crippen molar-refractivity contribution in [3.8, 4) is 5.00 Å². The monoisotopic (exact) mass is 360 g/mol. The number of tetrazole rings is 1. The number of rotatable bonds is 5. The summed E-state index contributed by atoms with van der Waals surface area (Å²) in [4.78, 5) is 34.8. The highest BCUT2D eigenvalue weighted by molar-refractivity contribution is 7.12. The number of nitro groups is 1. The van der Waals surface area contributed by atoms with Crippen molar-refractivity contribution in [2.24, 2.45) is 0 Å². The minimum Gasteiger partial charge on any atom is -0.324 e. The van der Waals surface area contributed by atoms with Crippen molar-refractivity contribution >= 4 is 28.6 Å². The van der Waals surface area contributed by atoms with Gasteiger partial charge in [-0.3, -0.25) is 14.9 Å². The van der Waals surface area contributed by atoms with Gasteiger partial charge in [-0.1, -0.05) is 6.07 Å². The average Bonchev–Trinajstić information content (AvgIpc) is 3.20. The van der Waals surface area contributed by atoms with E-state index < -0.39 is 16.5 Å². The first-order valence-corrected chi connectivity index (χ1v) is 7.96. The Bertz CT molecular complexity index is 991. The number of nitrogens with one attached hydrogen (secondary N) is 1. The lowest BCUT2D eigenvalue weighted by molar-refractivity contribution is -0.385. The van der Waals surface area contributed by atoms with Gasteiger partial charge in [-0.05, 0) is 40.9 Å². The van der Waals surface area contributed by atoms with Crippen LogP contribution in [0.15, 0.2) is 40.5 Å². The molecule has 0 aliphatic heterocycles. The number of nitro benzene ring substituents is 1. The highest BCUT2D eigenvalue weighted by Crippen LogP contribution is 2.24. The summed E-state index contributed by atoms with van der Waals surface area (Å²) in [5.74, 6) is -0.538. The van der Waals surface area contributed by atoms with Crippen LogP contribution in [0.3, 0.4) is 0 Å². The Hall–Kier alpha value is -3.34. The van der Waals surface area contributed by atoms with Crippen LogP contribution >= 0.6 is 11.3 Å². The van der Waals surface area contributed by atoms with Crippen LogP contribution in [0.1, 0.15) is 5.56 Å². The molecule has 3 aromatic rings. The summed E-state index contributed by atoms with van der Waals surface area (Å²) < 4.78 is 2.01. The molecule has 3 rings (SSSR count). The molecule has 0 radical (unpaired) electrons. The minimum atomic E-state index is -0.548. The zero-order chi connectivity index (χ0) is 18.0. The number of nitrogens with zero attached hydrogens (tertiary/aromatic N) is 5. The van der Waals surface area contributed by atoms with E-state index in [0.717, 1.165) is 9.36 Å². The fourth-order valence-corrected chi connectivity index (χ4v) is 2.85. The van der Waals surface area contributed by atoms with Crippen molar-refractivity contribution in [1.82, 2.24) is 19.8 Å². The quantitative estimate of drug-likeness (QED) is 0.541. The molecule has 0 saturated carbocycles. The minimum absolute atomic E-state index is 0.0985. The van der Waals surface area contributed by atoms with Gasteiger partial charge in [-0.25, -0.2) is 4.79 Å². The maximum Gasteiger partial charge on any atom is 0.369 e. The first-order chi connectivity index (χ1) is 12.0. The Labute approximate surface area is 144 Å². The van der Waals surface area contributed by atoms with E-state index >= 15 is 0 Å². The summed E-state index contributed by atoms with van der Waals surface area (Å²) in [6.07, 6.45) is 0. The molecule has 0 aliphatic rings. The predicted octanol–water partition coefficient (Wildman–Crippen LogP) is 1.35. The second-order valence-corrected chi connectivity index (χ2v) is 5.96. The van der Waals surface area contributed by atoms with Crippen LogP contribution in [0.25, 0.3) is 5.00 Å². The SMILES string of the molecule is Cc1c(NC(=O)Cn2nnn(-c3cccs3)c2=O)cccc1[N+](=O)[O-]. The zero-order valence-corrected chi connectivity index (χ0v) is 13.8. The van der Waals surface area contributed by atoms with Crippen LogP contribution in [0.2, 0.25) is 0 Å². The number of carbonyl (C=O) groups is 1. The first-order valence-electron chi connectivity index (χ1n) is 7.08. The number of anilines is 1. The summed E-state index contributed by atoms with van der Waals surface area (Å²) in [5, 5.41) is 23.3. The van der Waals surface area contributed by atoms with Crippen LogP contribution in [0.4, 0.5) is 11.4 Å². The van der Waals surface area contributed by atoms with Gasteiger partial charge >= 0.3 is 5.69 Å². The molecule has 1 amide bonds. The van der Waals surface area contributed by atoms with E-state index in [9.17, 15) is 19.7 Å². The molecular formula is C14H12N6O4S. The summed E-state index contributed by atoms with van der Waals surface area (Å²) in [6, 6.07) is 7.84. The maximum absolute atomic E-state index is 12.2. The lowest BCUT2D eigenvalue weighted by Crippen LogP contribution is -2.29. The van der Waals surface area contributed by atoms with Crippen LogP contribution in [-0.4, -0.2) is 30.6 Å². The highest BCUT2D eigenvalue weighted by atomic mass is 32.1. The van der Waals surface area contributed by atoms with Gasteiger partial charge in [0, 0.05) is 6.07 Å². The molecule has 128 valence electrons. The number of thiophene rings is 1. The van der Waals surface area contributed by atoms with Crippen molar-refractivity contribution in [3.05, 3.63) is 61.9 Å². The predicted molar refractivity (Wildman–Crippen MR) is 90.0 cm³/mol. The van der Waals surface area contributed by atoms with Crippen LogP contribution in [0, 0.1) is 17.0 Å². The molecule has 0 atom stereocenters. The lowest BCUT2D eigenvalue weighted by atomic mass is 10.1. The molecule has 10 nitrogen and oxygen atoms in total. The number of aromatic nitrogens is 4. The maximum atomic E-state index is 12.2. The van der Waals surface area contributed by atoms with Gasteiger partial charge in [0.2, 0.25) is 5.91 Å². The number of benzene rings is 1. The van der Waals surface area contributed by atoms with E-state index in [4.69, 9.17) is 0 Å². The van der Waals surface area contributed by atoms with Crippen molar-refractivity contribution in [2.45, 2.75) is 13.5 Å². The van der Waals surface area contributed by atoms with E-state index in [-0.39, 0.29) is 12.2 Å². The van der Waals surface area contributed by atoms with Gasteiger partial charge in [0.05, 0.1) is 16.2 Å². The average molecular weight is 360 g/mol. The van der Waals surface area contributed by atoms with Gasteiger partial charge in [-0.15, -0.1) is 11.3 Å². The van der Waals surface area contributed by atoms with Crippen molar-refractivity contribution in [2.75, 3.05) is 5.32 Å². The third-order valence-electron chi connectivity index (χ3n) is 3.42. The molecule has 0 spiro atoms. The molecule has 1 N–H and O–H groups in total. The summed E-state index contributed by atoms with van der Waals surface area (Å²) >= 11 is 1.31. The van der Waals surface area contributed by atoms with E-state index in [1.807, 2.05) is 0 Å². The van der Waals surface area contributed by atoms with Gasteiger partial charge < -0.3 is 5.32 Å². The second kappa shape index (κ2) is 6.65. The number of carbonyl (C=O) groups excluding carboxylic acids is 1. The summed E-state index contributed by atoms with van der Waals surface area (Å²) in [6.45, 7) is 1.18. The molecule has 11 heteroatoms. The number of amides is 1. The molecule has 0 aliphatic carbocycles. The largest absolute Gasteiger partial charge is 0.369 e. The standard InChI is InChI=1S/C14H12N6O4S/c1-9-10(4-2-5-11(9)20(23)24)15-12(21)8-18-14(22)19(17-16-18)13-6-3-7-25-13/h2-7H,8H2,1H3,(H,15,21). The molecule has 0 saturated heterocycles. The van der Waals surface area contributed by atoms with Gasteiger partial charge in [0.15, 0.2) is 0 Å². The van der Waals surface area contributed by atoms with Crippen LogP contribution < -0.4 is 11.0 Å². The van der Waals surface area contributed by atoms with E-state index in [2.05, 4.69) is 15.7 Å². The molecule has 0 unspecified atom stereocenters. The Balaban J connectivity index is 1.77. The van der Waals surface area contributed by atoms with E-state index in [0.29, 0.717) is 16.3 Å². The van der Waals surface area contributed by atoms with Crippen molar-refractivity contribution in [1.29, 1.82) is 0 Å². The summed E-state index contributed by atoms with van der Waals surface area (Å²) in [5.41, 5.74) is -0.0136. The fraction of sp³-hybridized carbons (Fsp3) is 0.143. The smallest absolute Gasteiger partial charge is 0.324 e. The Morgan fingerprint density at radius 2 is 2.12 bits per heavy atom. The zero-order valence-electron chi connectivity index (χ0n) is 12.9. The Morgan fingerprint density at radius 1 is 1.32 bits per heavy atom. The van der Waals surface area contributed by atoms with Gasteiger partial charge in [0.25, 0.3) is 5.69 Å². The lowest BCUT2D eigenvalue weighted by Gasteiger charge is -2.07. The Kier molecular flexibility index (Phi) is 4.39. The first kappa shape index (κ1) is 16.5. The molecule has 0 bridgehead atoms. The van der Waals surface area contributed by atoms with Crippen molar-refractivity contribution in [3.63, 3.8) is 0 Å². The summed E-state index contributed by atoms with van der Waals surface area (Å²) in [7, 11) is 0. The normalized spacial score (nSPS) is 10.6. The second-order valence-electron chi connectivity index (χ2n) is 5.04. The molecule has 2 aromatic heterocycles.